The fourth-order valence-corrected chi connectivity index (χ4v) is 5.00. The van der Waals surface area contributed by atoms with Crippen molar-refractivity contribution in [1.82, 2.24) is 0 Å². The van der Waals surface area contributed by atoms with Gasteiger partial charge in [-0.3, -0.25) is 9.59 Å². The SMILES string of the molecule is COc1ccc2c(c1)[C@@H](Nc1cccc3c1C(=O)c1ccccc1C3=O)[C@H]1CCO[C@H]1O2. The Hall–Kier alpha value is -3.64. The molecule has 1 aliphatic carbocycles. The second-order valence-corrected chi connectivity index (χ2v) is 8.27. The summed E-state index contributed by atoms with van der Waals surface area (Å²) in [5, 5.41) is 3.58. The number of benzene rings is 3. The fraction of sp³-hybridized carbons (Fsp3) is 0.231. The molecule has 0 amide bonds. The zero-order valence-electron chi connectivity index (χ0n) is 17.5. The largest absolute Gasteiger partial charge is 0.497 e. The lowest BCUT2D eigenvalue weighted by atomic mass is 9.82. The molecule has 6 nitrogen and oxygen atoms in total. The van der Waals surface area contributed by atoms with Gasteiger partial charge in [0.1, 0.15) is 11.5 Å². The number of rotatable bonds is 3. The Morgan fingerprint density at radius 3 is 2.53 bits per heavy atom. The van der Waals surface area contributed by atoms with Gasteiger partial charge in [0, 0.05) is 33.9 Å². The Kier molecular flexibility index (Phi) is 4.30. The monoisotopic (exact) mass is 427 g/mol. The predicted molar refractivity (Wildman–Crippen MR) is 118 cm³/mol. The van der Waals surface area contributed by atoms with Crippen LogP contribution in [-0.4, -0.2) is 31.6 Å². The van der Waals surface area contributed by atoms with E-state index in [2.05, 4.69) is 5.32 Å². The summed E-state index contributed by atoms with van der Waals surface area (Å²) in [4.78, 5) is 26.6. The number of methoxy groups -OCH3 is 1. The normalized spacial score (nSPS) is 22.8. The van der Waals surface area contributed by atoms with Crippen LogP contribution in [0.3, 0.4) is 0 Å². The van der Waals surface area contributed by atoms with Crippen molar-refractivity contribution >= 4 is 17.3 Å². The number of fused-ring (bicyclic) bond motifs is 4. The molecule has 3 aromatic rings. The lowest BCUT2D eigenvalue weighted by molar-refractivity contribution is -0.0748. The van der Waals surface area contributed by atoms with E-state index in [4.69, 9.17) is 14.2 Å². The fourth-order valence-electron chi connectivity index (χ4n) is 5.00. The highest BCUT2D eigenvalue weighted by Crippen LogP contribution is 2.46. The quantitative estimate of drug-likeness (QED) is 0.523. The highest BCUT2D eigenvalue weighted by Gasteiger charge is 2.43. The van der Waals surface area contributed by atoms with E-state index >= 15 is 0 Å². The van der Waals surface area contributed by atoms with Gasteiger partial charge in [0.15, 0.2) is 11.6 Å². The van der Waals surface area contributed by atoms with E-state index in [0.29, 0.717) is 34.5 Å². The Bertz CT molecular complexity index is 1270. The molecule has 0 radical (unpaired) electrons. The van der Waals surface area contributed by atoms with Crippen LogP contribution in [0.5, 0.6) is 11.5 Å². The van der Waals surface area contributed by atoms with Crippen LogP contribution in [0.25, 0.3) is 0 Å². The summed E-state index contributed by atoms with van der Waals surface area (Å²) >= 11 is 0. The van der Waals surface area contributed by atoms with Gasteiger partial charge in [-0.1, -0.05) is 36.4 Å². The number of anilines is 1. The van der Waals surface area contributed by atoms with Crippen LogP contribution >= 0.6 is 0 Å². The molecule has 6 heteroatoms. The lowest BCUT2D eigenvalue weighted by Crippen LogP contribution is -2.36. The maximum absolute atomic E-state index is 13.4. The topological polar surface area (TPSA) is 73.9 Å². The molecule has 0 bridgehead atoms. The minimum atomic E-state index is -0.356. The highest BCUT2D eigenvalue weighted by atomic mass is 16.7. The molecule has 0 spiro atoms. The van der Waals surface area contributed by atoms with E-state index in [0.717, 1.165) is 23.5 Å². The van der Waals surface area contributed by atoms with Gasteiger partial charge < -0.3 is 19.5 Å². The van der Waals surface area contributed by atoms with E-state index in [1.165, 1.54) is 0 Å². The first kappa shape index (κ1) is 19.1. The molecule has 0 unspecified atom stereocenters. The molecule has 0 saturated carbocycles. The zero-order valence-corrected chi connectivity index (χ0v) is 17.5. The van der Waals surface area contributed by atoms with Gasteiger partial charge in [-0.2, -0.15) is 0 Å². The second kappa shape index (κ2) is 7.21. The minimum absolute atomic E-state index is 0.0622. The first-order valence-corrected chi connectivity index (χ1v) is 10.7. The molecule has 3 atom stereocenters. The molecule has 6 rings (SSSR count). The first-order valence-electron chi connectivity index (χ1n) is 10.7. The number of ether oxygens (including phenoxy) is 3. The standard InChI is InChI=1S/C26H21NO5/c1-30-14-9-10-21-19(13-14)23(18-11-12-31-26(18)32-21)27-20-8-4-7-17-22(20)25(29)16-6-3-2-5-15(16)24(17)28/h2-10,13,18,23,26-27H,11-12H2,1H3/t18-,23+,26+/m1/s1. The molecule has 1 saturated heterocycles. The van der Waals surface area contributed by atoms with E-state index in [9.17, 15) is 9.59 Å². The Morgan fingerprint density at radius 1 is 0.938 bits per heavy atom. The van der Waals surface area contributed by atoms with Gasteiger partial charge in [-0.25, -0.2) is 0 Å². The Morgan fingerprint density at radius 2 is 1.72 bits per heavy atom. The van der Waals surface area contributed by atoms with Gasteiger partial charge in [-0.05, 0) is 30.7 Å². The highest BCUT2D eigenvalue weighted by molar-refractivity contribution is 6.30. The van der Waals surface area contributed by atoms with Crippen molar-refractivity contribution in [2.24, 2.45) is 5.92 Å². The Labute approximate surface area is 185 Å². The summed E-state index contributed by atoms with van der Waals surface area (Å²) in [5.74, 6) is 1.24. The third-order valence-electron chi connectivity index (χ3n) is 6.57. The van der Waals surface area contributed by atoms with Gasteiger partial charge in [-0.15, -0.1) is 0 Å². The summed E-state index contributed by atoms with van der Waals surface area (Å²) in [6.45, 7) is 0.607. The predicted octanol–water partition coefficient (Wildman–Crippen LogP) is 4.38. The molecule has 2 heterocycles. The van der Waals surface area contributed by atoms with Crippen molar-refractivity contribution < 1.29 is 23.8 Å². The number of nitrogens with one attached hydrogen (secondary N) is 1. The molecule has 0 aromatic heterocycles. The molecular weight excluding hydrogens is 406 g/mol. The average Bonchev–Trinajstić information content (AvgIpc) is 3.30. The average molecular weight is 427 g/mol. The number of hydrogen-bond donors (Lipinski definition) is 1. The molecule has 2 aliphatic heterocycles. The van der Waals surface area contributed by atoms with Crippen molar-refractivity contribution in [3.05, 3.63) is 88.5 Å². The number of carbonyl (C=O) groups excluding carboxylic acids is 2. The maximum atomic E-state index is 13.4. The first-order chi connectivity index (χ1) is 15.7. The van der Waals surface area contributed by atoms with Crippen molar-refractivity contribution in [2.75, 3.05) is 19.0 Å². The smallest absolute Gasteiger partial charge is 0.205 e. The van der Waals surface area contributed by atoms with E-state index < -0.39 is 0 Å². The molecule has 1 fully saturated rings. The summed E-state index contributed by atoms with van der Waals surface area (Å²) in [7, 11) is 1.63. The van der Waals surface area contributed by atoms with Crippen LogP contribution < -0.4 is 14.8 Å². The molecule has 3 aromatic carbocycles. The van der Waals surface area contributed by atoms with Crippen LogP contribution in [0.15, 0.2) is 60.7 Å². The third kappa shape index (κ3) is 2.76. The van der Waals surface area contributed by atoms with E-state index in [1.54, 1.807) is 37.4 Å². The van der Waals surface area contributed by atoms with Crippen LogP contribution in [0.4, 0.5) is 5.69 Å². The lowest BCUT2D eigenvalue weighted by Gasteiger charge is -2.36. The van der Waals surface area contributed by atoms with Crippen LogP contribution in [-0.2, 0) is 4.74 Å². The Balaban J connectivity index is 1.46. The van der Waals surface area contributed by atoms with Crippen LogP contribution in [0.1, 0.15) is 49.9 Å². The molecule has 160 valence electrons. The maximum Gasteiger partial charge on any atom is 0.205 e. The van der Waals surface area contributed by atoms with Crippen LogP contribution in [0, 0.1) is 5.92 Å². The van der Waals surface area contributed by atoms with Gasteiger partial charge >= 0.3 is 0 Å². The van der Waals surface area contributed by atoms with Gasteiger partial charge in [0.05, 0.1) is 25.3 Å². The van der Waals surface area contributed by atoms with E-state index in [-0.39, 0.29) is 29.8 Å². The van der Waals surface area contributed by atoms with Crippen LogP contribution in [0.2, 0.25) is 0 Å². The molecule has 32 heavy (non-hydrogen) atoms. The minimum Gasteiger partial charge on any atom is -0.497 e. The summed E-state index contributed by atoms with van der Waals surface area (Å²) in [6.07, 6.45) is 0.468. The number of carbonyl (C=O) groups is 2. The third-order valence-corrected chi connectivity index (χ3v) is 6.57. The summed E-state index contributed by atoms with van der Waals surface area (Å²) in [5.41, 5.74) is 3.33. The molecule has 1 N–H and O–H groups in total. The van der Waals surface area contributed by atoms with Crippen molar-refractivity contribution in [1.29, 1.82) is 0 Å². The number of hydrogen-bond acceptors (Lipinski definition) is 6. The van der Waals surface area contributed by atoms with Gasteiger partial charge in [0.2, 0.25) is 6.29 Å². The number of ketones is 2. The van der Waals surface area contributed by atoms with Crippen molar-refractivity contribution in [2.45, 2.75) is 18.8 Å². The van der Waals surface area contributed by atoms with E-state index in [1.807, 2.05) is 30.3 Å². The van der Waals surface area contributed by atoms with Gasteiger partial charge in [0.25, 0.3) is 0 Å². The zero-order chi connectivity index (χ0) is 21.8. The van der Waals surface area contributed by atoms with Crippen molar-refractivity contribution in [3.63, 3.8) is 0 Å². The summed E-state index contributed by atoms with van der Waals surface area (Å²) < 4.78 is 17.3. The molecular formula is C26H21NO5. The van der Waals surface area contributed by atoms with Crippen molar-refractivity contribution in [3.8, 4) is 11.5 Å². The molecule has 3 aliphatic rings. The second-order valence-electron chi connectivity index (χ2n) is 8.27. The summed E-state index contributed by atoms with van der Waals surface area (Å²) in [6, 6.07) is 17.9.